The van der Waals surface area contributed by atoms with Gasteiger partial charge in [-0.15, -0.1) is 0 Å². The maximum atomic E-state index is 14.0. The van der Waals surface area contributed by atoms with Crippen LogP contribution in [-0.4, -0.2) is 25.6 Å². The quantitative estimate of drug-likeness (QED) is 0.766. The maximum Gasteiger partial charge on any atom is 0.433 e. The average molecular weight is 410 g/mol. The molecular weight excluding hydrogens is 399 g/mol. The molecule has 2 aromatic rings. The summed E-state index contributed by atoms with van der Waals surface area (Å²) >= 11 is 0. The zero-order chi connectivity index (χ0) is 20.4. The predicted octanol–water partition coefficient (Wildman–Crippen LogP) is 2.65. The summed E-state index contributed by atoms with van der Waals surface area (Å²) in [5, 5.41) is 0. The number of sulfonamides is 1. The molecule has 0 atom stereocenters. The van der Waals surface area contributed by atoms with Gasteiger partial charge in [0, 0.05) is 5.56 Å². The number of hydrogen-bond acceptors (Lipinski definition) is 5. The molecule has 27 heavy (non-hydrogen) atoms. The number of nitrogens with one attached hydrogen (secondary N) is 1. The molecule has 146 valence electrons. The molecule has 0 spiro atoms. The van der Waals surface area contributed by atoms with Crippen molar-refractivity contribution in [2.24, 2.45) is 0 Å². The molecule has 0 saturated heterocycles. The summed E-state index contributed by atoms with van der Waals surface area (Å²) in [6.07, 6.45) is -3.19. The van der Waals surface area contributed by atoms with Gasteiger partial charge >= 0.3 is 6.18 Å². The van der Waals surface area contributed by atoms with Crippen LogP contribution in [0.25, 0.3) is 0 Å². The van der Waals surface area contributed by atoms with Crippen LogP contribution in [0.4, 0.5) is 22.0 Å². The van der Waals surface area contributed by atoms with E-state index < -0.39 is 51.6 Å². The average Bonchev–Trinajstić information content (AvgIpc) is 2.53. The molecule has 1 aromatic carbocycles. The Morgan fingerprint density at radius 1 is 1.19 bits per heavy atom. The summed E-state index contributed by atoms with van der Waals surface area (Å²) in [5.74, 6) is -3.76. The maximum absolute atomic E-state index is 14.0. The third-order valence-corrected chi connectivity index (χ3v) is 3.64. The zero-order valence-electron chi connectivity index (χ0n) is 13.5. The van der Waals surface area contributed by atoms with E-state index in [4.69, 9.17) is 4.74 Å². The van der Waals surface area contributed by atoms with Crippen LogP contribution in [0.5, 0.6) is 5.75 Å². The molecule has 6 nitrogen and oxygen atoms in total. The van der Waals surface area contributed by atoms with Crippen LogP contribution < -0.4 is 9.46 Å². The van der Waals surface area contributed by atoms with Crippen LogP contribution in [0.15, 0.2) is 30.5 Å². The van der Waals surface area contributed by atoms with E-state index >= 15 is 0 Å². The topological polar surface area (TPSA) is 85.4 Å². The molecule has 1 N–H and O–H groups in total. The first-order valence-corrected chi connectivity index (χ1v) is 8.92. The van der Waals surface area contributed by atoms with Gasteiger partial charge in [0.1, 0.15) is 29.7 Å². The van der Waals surface area contributed by atoms with Gasteiger partial charge in [0.15, 0.2) is 0 Å². The van der Waals surface area contributed by atoms with E-state index in [0.29, 0.717) is 24.5 Å². The fraction of sp³-hybridized carbons (Fsp3) is 0.200. The van der Waals surface area contributed by atoms with Crippen LogP contribution in [-0.2, 0) is 22.8 Å². The Hall–Kier alpha value is -2.76. The lowest BCUT2D eigenvalue weighted by atomic mass is 10.1. The first-order chi connectivity index (χ1) is 12.4. The second kappa shape index (κ2) is 7.47. The molecule has 1 aromatic heterocycles. The van der Waals surface area contributed by atoms with Crippen LogP contribution in [0.1, 0.15) is 21.6 Å². The number of carbonyl (C=O) groups is 1. The number of pyridine rings is 1. The molecule has 0 fully saturated rings. The van der Waals surface area contributed by atoms with Crippen molar-refractivity contribution in [3.63, 3.8) is 0 Å². The predicted molar refractivity (Wildman–Crippen MR) is 82.2 cm³/mol. The van der Waals surface area contributed by atoms with E-state index in [0.717, 1.165) is 12.3 Å². The zero-order valence-corrected chi connectivity index (χ0v) is 14.3. The summed E-state index contributed by atoms with van der Waals surface area (Å²) < 4.78 is 93.7. The Morgan fingerprint density at radius 3 is 2.37 bits per heavy atom. The van der Waals surface area contributed by atoms with Crippen molar-refractivity contribution in [2.75, 3.05) is 6.26 Å². The third-order valence-electron chi connectivity index (χ3n) is 3.08. The van der Waals surface area contributed by atoms with E-state index in [9.17, 15) is 35.2 Å². The van der Waals surface area contributed by atoms with Gasteiger partial charge in [-0.25, -0.2) is 26.9 Å². The SMILES string of the molecule is CS(=O)(=O)NC(=O)c1cc(F)c(COc2ccc(C(F)(F)F)nc2)cc1F. The number of alkyl halides is 3. The largest absolute Gasteiger partial charge is 0.487 e. The Bertz CT molecular complexity index is 959. The summed E-state index contributed by atoms with van der Waals surface area (Å²) in [5.41, 5.74) is -2.32. The van der Waals surface area contributed by atoms with E-state index in [1.807, 2.05) is 0 Å². The molecule has 0 radical (unpaired) electrons. The van der Waals surface area contributed by atoms with Gasteiger partial charge in [0.25, 0.3) is 5.91 Å². The number of carbonyl (C=O) groups excluding carboxylic acids is 1. The highest BCUT2D eigenvalue weighted by molar-refractivity contribution is 7.89. The fourth-order valence-electron chi connectivity index (χ4n) is 1.89. The first-order valence-electron chi connectivity index (χ1n) is 7.03. The molecule has 0 aliphatic rings. The Kier molecular flexibility index (Phi) is 5.68. The number of rotatable bonds is 5. The molecule has 12 heteroatoms. The summed E-state index contributed by atoms with van der Waals surface area (Å²) in [6, 6.07) is 2.71. The third kappa shape index (κ3) is 5.61. The second-order valence-corrected chi connectivity index (χ2v) is 7.04. The van der Waals surface area contributed by atoms with Crippen molar-refractivity contribution < 1.29 is 39.9 Å². The minimum Gasteiger partial charge on any atom is -0.487 e. The Labute approximate surface area is 150 Å². The molecule has 0 aliphatic heterocycles. The van der Waals surface area contributed by atoms with Crippen LogP contribution in [0, 0.1) is 11.6 Å². The minimum absolute atomic E-state index is 0.123. The molecule has 0 bridgehead atoms. The second-order valence-electron chi connectivity index (χ2n) is 5.29. The van der Waals surface area contributed by atoms with Gasteiger partial charge in [0.05, 0.1) is 18.0 Å². The molecule has 0 aliphatic carbocycles. The standard InChI is InChI=1S/C15H11F5N2O4S/c1-27(24,25)22-14(23)10-5-11(16)8(4-12(10)17)7-26-9-2-3-13(21-6-9)15(18,19)20/h2-6H,7H2,1H3,(H,22,23). The Morgan fingerprint density at radius 2 is 1.85 bits per heavy atom. The monoisotopic (exact) mass is 410 g/mol. The number of halogens is 5. The number of aromatic nitrogens is 1. The van der Waals surface area contributed by atoms with E-state index in [1.165, 1.54) is 4.72 Å². The van der Waals surface area contributed by atoms with Crippen molar-refractivity contribution in [1.29, 1.82) is 0 Å². The highest BCUT2D eigenvalue weighted by Gasteiger charge is 2.32. The lowest BCUT2D eigenvalue weighted by Crippen LogP contribution is -2.30. The molecular formula is C15H11F5N2O4S. The highest BCUT2D eigenvalue weighted by Crippen LogP contribution is 2.28. The lowest BCUT2D eigenvalue weighted by Gasteiger charge is -2.10. The number of amides is 1. The number of nitrogens with zero attached hydrogens (tertiary/aromatic N) is 1. The van der Waals surface area contributed by atoms with Crippen molar-refractivity contribution >= 4 is 15.9 Å². The number of hydrogen-bond donors (Lipinski definition) is 1. The number of ether oxygens (including phenoxy) is 1. The van der Waals surface area contributed by atoms with Crippen LogP contribution in [0.2, 0.25) is 0 Å². The van der Waals surface area contributed by atoms with Crippen LogP contribution in [0.3, 0.4) is 0 Å². The van der Waals surface area contributed by atoms with Gasteiger partial charge in [0.2, 0.25) is 10.0 Å². The van der Waals surface area contributed by atoms with Gasteiger partial charge in [-0.05, 0) is 24.3 Å². The molecule has 1 amide bonds. The summed E-state index contributed by atoms with van der Waals surface area (Å²) in [7, 11) is -3.97. The molecule has 0 saturated carbocycles. The van der Waals surface area contributed by atoms with Gasteiger partial charge in [-0.3, -0.25) is 4.79 Å². The van der Waals surface area contributed by atoms with E-state index in [1.54, 1.807) is 0 Å². The number of benzene rings is 1. The van der Waals surface area contributed by atoms with Gasteiger partial charge in [-0.2, -0.15) is 13.2 Å². The smallest absolute Gasteiger partial charge is 0.433 e. The minimum atomic E-state index is -4.63. The fourth-order valence-corrected chi connectivity index (χ4v) is 2.34. The van der Waals surface area contributed by atoms with Crippen molar-refractivity contribution in [1.82, 2.24) is 9.71 Å². The van der Waals surface area contributed by atoms with E-state index in [2.05, 4.69) is 4.98 Å². The van der Waals surface area contributed by atoms with Gasteiger partial charge in [-0.1, -0.05) is 0 Å². The van der Waals surface area contributed by atoms with Gasteiger partial charge < -0.3 is 4.74 Å². The lowest BCUT2D eigenvalue weighted by molar-refractivity contribution is -0.141. The molecule has 2 rings (SSSR count). The molecule has 1 heterocycles. The normalized spacial score (nSPS) is 11.9. The summed E-state index contributed by atoms with van der Waals surface area (Å²) in [4.78, 5) is 14.8. The van der Waals surface area contributed by atoms with Crippen molar-refractivity contribution in [3.8, 4) is 5.75 Å². The molecule has 0 unspecified atom stereocenters. The van der Waals surface area contributed by atoms with E-state index in [-0.39, 0.29) is 11.3 Å². The highest BCUT2D eigenvalue weighted by atomic mass is 32.2. The van der Waals surface area contributed by atoms with Crippen molar-refractivity contribution in [2.45, 2.75) is 12.8 Å². The Balaban J connectivity index is 2.14. The van der Waals surface area contributed by atoms with Crippen molar-refractivity contribution in [3.05, 3.63) is 58.9 Å². The summed E-state index contributed by atoms with van der Waals surface area (Å²) in [6.45, 7) is -0.566. The first kappa shape index (κ1) is 20.6. The van der Waals surface area contributed by atoms with Crippen LogP contribution >= 0.6 is 0 Å².